The Balaban J connectivity index is 2.00. The number of hydrogen-bond donors (Lipinski definition) is 0. The van der Waals surface area contributed by atoms with Gasteiger partial charge in [-0.15, -0.1) is 0 Å². The maximum Gasteiger partial charge on any atom is 0.140 e. The van der Waals surface area contributed by atoms with Gasteiger partial charge in [0.05, 0.1) is 0 Å². The van der Waals surface area contributed by atoms with Crippen LogP contribution in [-0.2, 0) is 11.2 Å². The standard InChI is InChI=1S/C17H24O/c1-12-5-4-6-16(9-12)17(18)11-15-8-7-13(2)14(3)10-15/h7-8,10,12,16H,4-6,9,11H2,1-3H3. The Hall–Kier alpha value is -1.11. The number of hydrogen-bond acceptors (Lipinski definition) is 1. The summed E-state index contributed by atoms with van der Waals surface area (Å²) in [5.41, 5.74) is 3.77. The number of carbonyl (C=O) groups is 1. The van der Waals surface area contributed by atoms with Gasteiger partial charge in [0.25, 0.3) is 0 Å². The Morgan fingerprint density at radius 1 is 1.22 bits per heavy atom. The highest BCUT2D eigenvalue weighted by molar-refractivity contribution is 5.83. The fourth-order valence-electron chi connectivity index (χ4n) is 2.99. The van der Waals surface area contributed by atoms with Gasteiger partial charge in [0.2, 0.25) is 0 Å². The molecule has 0 saturated heterocycles. The molecule has 0 bridgehead atoms. The lowest BCUT2D eigenvalue weighted by Crippen LogP contribution is -2.23. The predicted molar refractivity (Wildman–Crippen MR) is 75.7 cm³/mol. The Labute approximate surface area is 111 Å². The van der Waals surface area contributed by atoms with E-state index >= 15 is 0 Å². The lowest BCUT2D eigenvalue weighted by molar-refractivity contribution is -0.123. The fourth-order valence-corrected chi connectivity index (χ4v) is 2.99. The van der Waals surface area contributed by atoms with Crippen molar-refractivity contribution in [2.75, 3.05) is 0 Å². The summed E-state index contributed by atoms with van der Waals surface area (Å²) in [6, 6.07) is 6.40. The third-order valence-electron chi connectivity index (χ3n) is 4.34. The minimum Gasteiger partial charge on any atom is -0.299 e. The third-order valence-corrected chi connectivity index (χ3v) is 4.34. The molecule has 98 valence electrons. The Kier molecular flexibility index (Phi) is 4.21. The van der Waals surface area contributed by atoms with Crippen molar-refractivity contribution in [2.24, 2.45) is 11.8 Å². The molecule has 18 heavy (non-hydrogen) atoms. The van der Waals surface area contributed by atoms with Crippen molar-refractivity contribution >= 4 is 5.78 Å². The first-order valence-corrected chi connectivity index (χ1v) is 7.15. The quantitative estimate of drug-likeness (QED) is 0.777. The van der Waals surface area contributed by atoms with Crippen LogP contribution in [0.5, 0.6) is 0 Å². The average molecular weight is 244 g/mol. The van der Waals surface area contributed by atoms with Gasteiger partial charge in [-0.3, -0.25) is 4.79 Å². The fraction of sp³-hybridized carbons (Fsp3) is 0.588. The monoisotopic (exact) mass is 244 g/mol. The summed E-state index contributed by atoms with van der Waals surface area (Å²) in [6.07, 6.45) is 5.36. The molecule has 1 fully saturated rings. The smallest absolute Gasteiger partial charge is 0.140 e. The second-order valence-electron chi connectivity index (χ2n) is 6.03. The van der Waals surface area contributed by atoms with Gasteiger partial charge in [-0.2, -0.15) is 0 Å². The van der Waals surface area contributed by atoms with Crippen molar-refractivity contribution in [3.63, 3.8) is 0 Å². The van der Waals surface area contributed by atoms with Crippen molar-refractivity contribution in [3.05, 3.63) is 34.9 Å². The number of Topliss-reactive ketones (excluding diaryl/α,β-unsaturated/α-hetero) is 1. The summed E-state index contributed by atoms with van der Waals surface area (Å²) in [4.78, 5) is 12.3. The van der Waals surface area contributed by atoms with E-state index in [0.29, 0.717) is 18.1 Å². The molecule has 1 heteroatoms. The Bertz CT molecular complexity index is 433. The van der Waals surface area contributed by atoms with Crippen LogP contribution in [0.4, 0.5) is 0 Å². The molecular formula is C17H24O. The summed E-state index contributed by atoms with van der Waals surface area (Å²) in [5.74, 6) is 1.49. The number of aryl methyl sites for hydroxylation is 2. The van der Waals surface area contributed by atoms with Crippen molar-refractivity contribution in [1.29, 1.82) is 0 Å². The molecule has 2 atom stereocenters. The van der Waals surface area contributed by atoms with E-state index in [4.69, 9.17) is 0 Å². The largest absolute Gasteiger partial charge is 0.299 e. The van der Waals surface area contributed by atoms with Crippen LogP contribution < -0.4 is 0 Å². The number of carbonyl (C=O) groups excluding carboxylic acids is 1. The van der Waals surface area contributed by atoms with Crippen LogP contribution in [0, 0.1) is 25.7 Å². The first-order chi connectivity index (χ1) is 8.56. The second-order valence-corrected chi connectivity index (χ2v) is 6.03. The maximum atomic E-state index is 12.3. The summed E-state index contributed by atoms with van der Waals surface area (Å²) < 4.78 is 0. The van der Waals surface area contributed by atoms with E-state index in [9.17, 15) is 4.79 Å². The molecule has 0 radical (unpaired) electrons. The van der Waals surface area contributed by atoms with Gasteiger partial charge >= 0.3 is 0 Å². The van der Waals surface area contributed by atoms with Crippen molar-refractivity contribution in [3.8, 4) is 0 Å². The van der Waals surface area contributed by atoms with Gasteiger partial charge in [0, 0.05) is 12.3 Å². The van der Waals surface area contributed by atoms with Gasteiger partial charge in [-0.05, 0) is 49.3 Å². The topological polar surface area (TPSA) is 17.1 Å². The van der Waals surface area contributed by atoms with E-state index in [2.05, 4.69) is 39.0 Å². The minimum atomic E-state index is 0.315. The van der Waals surface area contributed by atoms with Crippen molar-refractivity contribution in [1.82, 2.24) is 0 Å². The van der Waals surface area contributed by atoms with E-state index in [1.54, 1.807) is 0 Å². The molecular weight excluding hydrogens is 220 g/mol. The van der Waals surface area contributed by atoms with Crippen molar-refractivity contribution < 1.29 is 4.79 Å². The molecule has 0 amide bonds. The molecule has 1 aromatic rings. The molecule has 0 aliphatic heterocycles. The number of rotatable bonds is 3. The third kappa shape index (κ3) is 3.22. The molecule has 2 rings (SSSR count). The molecule has 0 N–H and O–H groups in total. The van der Waals surface area contributed by atoms with Crippen molar-refractivity contribution in [2.45, 2.75) is 52.9 Å². The van der Waals surface area contributed by atoms with Crippen LogP contribution in [-0.4, -0.2) is 5.78 Å². The summed E-state index contributed by atoms with van der Waals surface area (Å²) >= 11 is 0. The lowest BCUT2D eigenvalue weighted by atomic mass is 9.79. The number of ketones is 1. The zero-order valence-electron chi connectivity index (χ0n) is 11.8. The summed E-state index contributed by atoms with van der Waals surface area (Å²) in [6.45, 7) is 6.51. The first kappa shape index (κ1) is 13.3. The van der Waals surface area contributed by atoms with Crippen LogP contribution in [0.25, 0.3) is 0 Å². The van der Waals surface area contributed by atoms with Gasteiger partial charge in [-0.1, -0.05) is 38.0 Å². The highest BCUT2D eigenvalue weighted by atomic mass is 16.1. The second kappa shape index (κ2) is 5.69. The van der Waals surface area contributed by atoms with E-state index in [-0.39, 0.29) is 0 Å². The summed E-state index contributed by atoms with van der Waals surface area (Å²) in [7, 11) is 0. The highest BCUT2D eigenvalue weighted by Crippen LogP contribution is 2.30. The molecule has 1 aliphatic rings. The minimum absolute atomic E-state index is 0.315. The maximum absolute atomic E-state index is 12.3. The summed E-state index contributed by atoms with van der Waals surface area (Å²) in [5, 5.41) is 0. The van der Waals surface area contributed by atoms with Gasteiger partial charge in [-0.25, -0.2) is 0 Å². The van der Waals surface area contributed by atoms with Crippen LogP contribution in [0.3, 0.4) is 0 Å². The molecule has 1 aromatic carbocycles. The van der Waals surface area contributed by atoms with Crippen LogP contribution in [0.15, 0.2) is 18.2 Å². The van der Waals surface area contributed by atoms with E-state index in [1.807, 2.05) is 0 Å². The predicted octanol–water partition coefficient (Wildman–Crippen LogP) is 4.24. The average Bonchev–Trinajstić information content (AvgIpc) is 2.34. The van der Waals surface area contributed by atoms with E-state index < -0.39 is 0 Å². The molecule has 1 aliphatic carbocycles. The molecule has 1 saturated carbocycles. The first-order valence-electron chi connectivity index (χ1n) is 7.15. The van der Waals surface area contributed by atoms with E-state index in [0.717, 1.165) is 18.8 Å². The van der Waals surface area contributed by atoms with Gasteiger partial charge in [0.1, 0.15) is 5.78 Å². The zero-order chi connectivity index (χ0) is 13.1. The molecule has 0 aromatic heterocycles. The normalized spacial score (nSPS) is 23.9. The number of benzene rings is 1. The van der Waals surface area contributed by atoms with Gasteiger partial charge in [0.15, 0.2) is 0 Å². The Morgan fingerprint density at radius 3 is 2.67 bits per heavy atom. The van der Waals surface area contributed by atoms with E-state index in [1.165, 1.54) is 29.5 Å². The van der Waals surface area contributed by atoms with Crippen LogP contribution in [0.1, 0.15) is 49.3 Å². The van der Waals surface area contributed by atoms with Gasteiger partial charge < -0.3 is 0 Å². The molecule has 0 spiro atoms. The molecule has 2 unspecified atom stereocenters. The van der Waals surface area contributed by atoms with Crippen LogP contribution in [0.2, 0.25) is 0 Å². The zero-order valence-corrected chi connectivity index (χ0v) is 11.8. The SMILES string of the molecule is Cc1ccc(CC(=O)C2CCCC(C)C2)cc1C. The highest BCUT2D eigenvalue weighted by Gasteiger charge is 2.24. The Morgan fingerprint density at radius 2 is 2.00 bits per heavy atom. The molecule has 0 heterocycles. The lowest BCUT2D eigenvalue weighted by Gasteiger charge is -2.25. The van der Waals surface area contributed by atoms with Crippen LogP contribution >= 0.6 is 0 Å². The molecule has 1 nitrogen and oxygen atoms in total.